The first kappa shape index (κ1) is 13.8. The highest BCUT2D eigenvalue weighted by molar-refractivity contribution is 7.09. The minimum Gasteiger partial charge on any atom is -0.322 e. The van der Waals surface area contributed by atoms with E-state index in [-0.39, 0.29) is 29.5 Å². The SMILES string of the molecule is CC(N)c1nc(C(=O)Cc2cc(F)cc(F)c2)cs1. The third-order valence-corrected chi connectivity index (χ3v) is 3.53. The Morgan fingerprint density at radius 3 is 2.53 bits per heavy atom. The van der Waals surface area contributed by atoms with E-state index in [1.165, 1.54) is 11.3 Å². The highest BCUT2D eigenvalue weighted by atomic mass is 32.1. The number of halogens is 2. The van der Waals surface area contributed by atoms with Gasteiger partial charge in [-0.15, -0.1) is 11.3 Å². The second-order valence-corrected chi connectivity index (χ2v) is 5.13. The average Bonchev–Trinajstić information content (AvgIpc) is 2.76. The van der Waals surface area contributed by atoms with Gasteiger partial charge in [0.1, 0.15) is 22.3 Å². The summed E-state index contributed by atoms with van der Waals surface area (Å²) < 4.78 is 26.0. The van der Waals surface area contributed by atoms with Crippen molar-refractivity contribution in [2.75, 3.05) is 0 Å². The minimum absolute atomic E-state index is 0.0865. The van der Waals surface area contributed by atoms with Gasteiger partial charge in [-0.2, -0.15) is 0 Å². The maximum Gasteiger partial charge on any atom is 0.186 e. The Kier molecular flexibility index (Phi) is 4.01. The van der Waals surface area contributed by atoms with Crippen molar-refractivity contribution in [3.05, 3.63) is 51.5 Å². The van der Waals surface area contributed by atoms with Crippen LogP contribution in [0.1, 0.15) is 34.0 Å². The van der Waals surface area contributed by atoms with E-state index < -0.39 is 11.6 Å². The van der Waals surface area contributed by atoms with Crippen LogP contribution in [0.5, 0.6) is 0 Å². The molecular formula is C13H12F2N2OS. The van der Waals surface area contributed by atoms with E-state index in [0.29, 0.717) is 5.01 Å². The maximum atomic E-state index is 13.0. The van der Waals surface area contributed by atoms with Crippen LogP contribution in [0.3, 0.4) is 0 Å². The molecule has 2 aromatic rings. The number of hydrogen-bond acceptors (Lipinski definition) is 4. The van der Waals surface area contributed by atoms with Crippen LogP contribution in [0.15, 0.2) is 23.6 Å². The molecule has 0 bridgehead atoms. The Bertz CT molecular complexity index is 590. The Balaban J connectivity index is 2.15. The second-order valence-electron chi connectivity index (χ2n) is 4.24. The summed E-state index contributed by atoms with van der Waals surface area (Å²) in [5.41, 5.74) is 6.23. The van der Waals surface area contributed by atoms with Gasteiger partial charge in [0.05, 0.1) is 6.04 Å². The van der Waals surface area contributed by atoms with Gasteiger partial charge in [0.2, 0.25) is 0 Å². The maximum absolute atomic E-state index is 13.0. The van der Waals surface area contributed by atoms with Gasteiger partial charge in [-0.1, -0.05) is 0 Å². The fourth-order valence-corrected chi connectivity index (χ4v) is 2.40. The summed E-state index contributed by atoms with van der Waals surface area (Å²) in [7, 11) is 0. The Morgan fingerprint density at radius 1 is 1.37 bits per heavy atom. The third-order valence-electron chi connectivity index (χ3n) is 2.48. The summed E-state index contributed by atoms with van der Waals surface area (Å²) in [6.45, 7) is 1.77. The van der Waals surface area contributed by atoms with Crippen LogP contribution in [0.2, 0.25) is 0 Å². The van der Waals surface area contributed by atoms with Gasteiger partial charge in [0.15, 0.2) is 5.78 Å². The van der Waals surface area contributed by atoms with E-state index in [0.717, 1.165) is 18.2 Å². The van der Waals surface area contributed by atoms with Crippen molar-refractivity contribution in [3.8, 4) is 0 Å². The first-order chi connectivity index (χ1) is 8.95. The zero-order valence-corrected chi connectivity index (χ0v) is 11.0. The van der Waals surface area contributed by atoms with Crippen LogP contribution < -0.4 is 5.73 Å². The number of hydrogen-bond donors (Lipinski definition) is 1. The molecule has 0 radical (unpaired) electrons. The molecule has 0 aliphatic rings. The van der Waals surface area contributed by atoms with E-state index in [9.17, 15) is 13.6 Å². The standard InChI is InChI=1S/C13H12F2N2OS/c1-7(16)13-17-11(6-19-13)12(18)4-8-2-9(14)5-10(15)3-8/h2-3,5-7H,4,16H2,1H3. The Hall–Kier alpha value is -1.66. The summed E-state index contributed by atoms with van der Waals surface area (Å²) in [5, 5.41) is 2.27. The molecule has 0 aliphatic carbocycles. The molecule has 1 heterocycles. The number of carbonyl (C=O) groups excluding carboxylic acids is 1. The lowest BCUT2D eigenvalue weighted by atomic mass is 10.1. The largest absolute Gasteiger partial charge is 0.322 e. The Morgan fingerprint density at radius 2 is 2.00 bits per heavy atom. The first-order valence-electron chi connectivity index (χ1n) is 5.65. The molecular weight excluding hydrogens is 270 g/mol. The van der Waals surface area contributed by atoms with Crippen molar-refractivity contribution < 1.29 is 13.6 Å². The molecule has 1 aromatic carbocycles. The van der Waals surface area contributed by atoms with Gasteiger partial charge >= 0.3 is 0 Å². The first-order valence-corrected chi connectivity index (χ1v) is 6.53. The number of rotatable bonds is 4. The number of nitrogens with zero attached hydrogens (tertiary/aromatic N) is 1. The summed E-state index contributed by atoms with van der Waals surface area (Å²) in [5.74, 6) is -1.68. The zero-order valence-electron chi connectivity index (χ0n) is 10.2. The molecule has 0 aliphatic heterocycles. The molecule has 3 nitrogen and oxygen atoms in total. The molecule has 19 heavy (non-hydrogen) atoms. The predicted molar refractivity (Wildman–Crippen MR) is 69.1 cm³/mol. The molecule has 0 saturated heterocycles. The summed E-state index contributed by atoms with van der Waals surface area (Å²) in [4.78, 5) is 16.0. The fraction of sp³-hybridized carbons (Fsp3) is 0.231. The van der Waals surface area contributed by atoms with E-state index in [2.05, 4.69) is 4.98 Å². The number of thiazole rings is 1. The monoisotopic (exact) mass is 282 g/mol. The summed E-state index contributed by atoms with van der Waals surface area (Å²) >= 11 is 1.30. The number of benzene rings is 1. The van der Waals surface area contributed by atoms with Gasteiger partial charge in [0, 0.05) is 17.9 Å². The van der Waals surface area contributed by atoms with Crippen molar-refractivity contribution in [2.45, 2.75) is 19.4 Å². The molecule has 1 atom stereocenters. The van der Waals surface area contributed by atoms with Crippen LogP contribution in [-0.4, -0.2) is 10.8 Å². The van der Waals surface area contributed by atoms with Gasteiger partial charge in [0.25, 0.3) is 0 Å². The molecule has 0 fully saturated rings. The van der Waals surface area contributed by atoms with Crippen molar-refractivity contribution in [1.29, 1.82) is 0 Å². The molecule has 1 unspecified atom stereocenters. The van der Waals surface area contributed by atoms with E-state index in [4.69, 9.17) is 5.73 Å². The summed E-state index contributed by atoms with van der Waals surface area (Å²) in [6, 6.07) is 2.81. The number of carbonyl (C=O) groups is 1. The van der Waals surface area contributed by atoms with Crippen LogP contribution in [0.25, 0.3) is 0 Å². The molecule has 100 valence electrons. The lowest BCUT2D eigenvalue weighted by Gasteiger charge is -2.00. The van der Waals surface area contributed by atoms with Gasteiger partial charge in [-0.05, 0) is 24.6 Å². The molecule has 2 N–H and O–H groups in total. The molecule has 1 aromatic heterocycles. The van der Waals surface area contributed by atoms with Crippen LogP contribution in [-0.2, 0) is 6.42 Å². The van der Waals surface area contributed by atoms with E-state index in [1.807, 2.05) is 0 Å². The van der Waals surface area contributed by atoms with Crippen molar-refractivity contribution >= 4 is 17.1 Å². The van der Waals surface area contributed by atoms with Gasteiger partial charge < -0.3 is 5.73 Å². The van der Waals surface area contributed by atoms with Crippen LogP contribution in [0.4, 0.5) is 8.78 Å². The van der Waals surface area contributed by atoms with Crippen LogP contribution >= 0.6 is 11.3 Å². The van der Waals surface area contributed by atoms with Crippen molar-refractivity contribution in [3.63, 3.8) is 0 Å². The smallest absolute Gasteiger partial charge is 0.186 e. The second kappa shape index (κ2) is 5.54. The third kappa shape index (κ3) is 3.42. The van der Waals surface area contributed by atoms with Crippen LogP contribution in [0, 0.1) is 11.6 Å². The quantitative estimate of drug-likeness (QED) is 0.877. The van der Waals surface area contributed by atoms with Gasteiger partial charge in [-0.3, -0.25) is 4.79 Å². The number of Topliss-reactive ketones (excluding diaryl/α,β-unsaturated/α-hetero) is 1. The Labute approximate surface area is 113 Å². The molecule has 6 heteroatoms. The van der Waals surface area contributed by atoms with Crippen molar-refractivity contribution in [2.24, 2.45) is 5.73 Å². The fourth-order valence-electron chi connectivity index (χ4n) is 1.61. The van der Waals surface area contributed by atoms with Crippen molar-refractivity contribution in [1.82, 2.24) is 4.98 Å². The molecule has 0 spiro atoms. The lowest BCUT2D eigenvalue weighted by molar-refractivity contribution is 0.0988. The number of aromatic nitrogens is 1. The average molecular weight is 282 g/mol. The highest BCUT2D eigenvalue weighted by Gasteiger charge is 2.14. The van der Waals surface area contributed by atoms with Gasteiger partial charge in [-0.25, -0.2) is 13.8 Å². The van der Waals surface area contributed by atoms with E-state index in [1.54, 1.807) is 12.3 Å². The zero-order chi connectivity index (χ0) is 14.0. The van der Waals surface area contributed by atoms with E-state index >= 15 is 0 Å². The highest BCUT2D eigenvalue weighted by Crippen LogP contribution is 2.18. The minimum atomic E-state index is -0.697. The topological polar surface area (TPSA) is 56.0 Å². The predicted octanol–water partition coefficient (Wildman–Crippen LogP) is 2.87. The number of nitrogens with two attached hydrogens (primary N) is 1. The summed E-state index contributed by atoms with van der Waals surface area (Å²) in [6.07, 6.45) is -0.0865. The molecule has 2 rings (SSSR count). The number of ketones is 1. The molecule has 0 amide bonds. The normalized spacial score (nSPS) is 12.4. The molecule has 0 saturated carbocycles. The lowest BCUT2D eigenvalue weighted by Crippen LogP contribution is -2.08.